The second kappa shape index (κ2) is 9.41. The summed E-state index contributed by atoms with van der Waals surface area (Å²) >= 11 is 5.96. The van der Waals surface area contributed by atoms with Crippen LogP contribution in [0, 0.1) is 0 Å². The molecule has 1 aliphatic rings. The first-order valence-electron chi connectivity index (χ1n) is 7.99. The molecule has 1 fully saturated rings. The molecule has 0 radical (unpaired) electrons. The average Bonchev–Trinajstić information content (AvgIpc) is 2.95. The lowest BCUT2D eigenvalue weighted by Gasteiger charge is -2.22. The highest BCUT2D eigenvalue weighted by molar-refractivity contribution is 6.31. The Balaban J connectivity index is 0.000000511. The Labute approximate surface area is 150 Å². The molecule has 4 N–H and O–H groups in total. The number of carbonyl (C=O) groups is 2. The molecule has 1 aliphatic heterocycles. The van der Waals surface area contributed by atoms with Gasteiger partial charge >= 0.3 is 0 Å². The van der Waals surface area contributed by atoms with Crippen molar-refractivity contribution in [3.05, 3.63) is 35.0 Å². The highest BCUT2D eigenvalue weighted by Gasteiger charge is 2.17. The van der Waals surface area contributed by atoms with Crippen molar-refractivity contribution in [1.29, 1.82) is 0 Å². The Morgan fingerprint density at radius 2 is 2.16 bits per heavy atom. The van der Waals surface area contributed by atoms with Crippen molar-refractivity contribution in [2.45, 2.75) is 26.0 Å². The van der Waals surface area contributed by atoms with Crippen molar-refractivity contribution in [1.82, 2.24) is 15.6 Å². The highest BCUT2D eigenvalue weighted by Crippen LogP contribution is 2.20. The van der Waals surface area contributed by atoms with Crippen molar-refractivity contribution in [3.63, 3.8) is 0 Å². The summed E-state index contributed by atoms with van der Waals surface area (Å²) in [7, 11) is 0. The predicted octanol–water partition coefficient (Wildman–Crippen LogP) is 1.91. The van der Waals surface area contributed by atoms with Crippen molar-refractivity contribution in [2.75, 3.05) is 19.7 Å². The van der Waals surface area contributed by atoms with Crippen LogP contribution in [-0.4, -0.2) is 47.8 Å². The predicted molar refractivity (Wildman–Crippen MR) is 95.7 cm³/mol. The van der Waals surface area contributed by atoms with Gasteiger partial charge in [0.25, 0.3) is 5.97 Å². The summed E-state index contributed by atoms with van der Waals surface area (Å²) in [4.78, 5) is 24.2. The molecule has 1 aromatic carbocycles. The smallest absolute Gasteiger partial charge is 0.300 e. The second-order valence-corrected chi connectivity index (χ2v) is 6.16. The van der Waals surface area contributed by atoms with Gasteiger partial charge < -0.3 is 25.5 Å². The van der Waals surface area contributed by atoms with E-state index in [2.05, 4.69) is 15.6 Å². The number of aromatic nitrogens is 1. The number of hydrogen-bond donors (Lipinski definition) is 4. The molecule has 136 valence electrons. The normalized spacial score (nSPS) is 16.8. The van der Waals surface area contributed by atoms with E-state index in [0.717, 1.165) is 36.6 Å². The van der Waals surface area contributed by atoms with Gasteiger partial charge in [0.2, 0.25) is 5.91 Å². The Morgan fingerprint density at radius 3 is 2.84 bits per heavy atom. The van der Waals surface area contributed by atoms with E-state index in [9.17, 15) is 4.79 Å². The highest BCUT2D eigenvalue weighted by atomic mass is 35.5. The number of aromatic amines is 1. The molecule has 8 heteroatoms. The zero-order chi connectivity index (χ0) is 18.2. The number of halogens is 1. The number of aliphatic carboxylic acids is 1. The molecule has 0 bridgehead atoms. The van der Waals surface area contributed by atoms with E-state index in [1.165, 1.54) is 0 Å². The quantitative estimate of drug-likeness (QED) is 0.661. The SMILES string of the molecule is CC(=O)O.O=C(CC1CNCCO1)NCc1cc2cc(Cl)ccc2[nH]1. The number of carboxylic acid groups (broad SMARTS) is 1. The maximum absolute atomic E-state index is 11.9. The van der Waals surface area contributed by atoms with Crippen LogP contribution >= 0.6 is 11.6 Å². The molecule has 2 heterocycles. The van der Waals surface area contributed by atoms with E-state index in [4.69, 9.17) is 26.2 Å². The van der Waals surface area contributed by atoms with Gasteiger partial charge in [-0.05, 0) is 24.3 Å². The van der Waals surface area contributed by atoms with E-state index in [-0.39, 0.29) is 12.0 Å². The minimum absolute atomic E-state index is 0.000360. The van der Waals surface area contributed by atoms with Crippen LogP contribution in [0.1, 0.15) is 19.0 Å². The molecular formula is C17H22ClN3O4. The van der Waals surface area contributed by atoms with Gasteiger partial charge in [0.1, 0.15) is 0 Å². The standard InChI is InChI=1S/C15H18ClN3O2.C2H4O2/c16-11-1-2-14-10(5-11)6-12(19-14)8-18-15(20)7-13-9-17-3-4-21-13;1-2(3)4/h1-2,5-6,13,17,19H,3-4,7-9H2,(H,18,20);1H3,(H,3,4). The molecule has 0 spiro atoms. The molecule has 1 unspecified atom stereocenters. The van der Waals surface area contributed by atoms with Gasteiger partial charge in [-0.15, -0.1) is 0 Å². The van der Waals surface area contributed by atoms with E-state index in [1.54, 1.807) is 0 Å². The lowest BCUT2D eigenvalue weighted by atomic mass is 10.2. The summed E-state index contributed by atoms with van der Waals surface area (Å²) < 4.78 is 5.52. The molecule has 1 atom stereocenters. The monoisotopic (exact) mass is 367 g/mol. The molecule has 2 aromatic rings. The Bertz CT molecular complexity index is 722. The van der Waals surface area contributed by atoms with Gasteiger partial charge in [0, 0.05) is 41.6 Å². The van der Waals surface area contributed by atoms with Crippen LogP contribution < -0.4 is 10.6 Å². The van der Waals surface area contributed by atoms with Crippen molar-refractivity contribution in [3.8, 4) is 0 Å². The minimum Gasteiger partial charge on any atom is -0.481 e. The summed E-state index contributed by atoms with van der Waals surface area (Å²) in [5.74, 6) is -0.833. The lowest BCUT2D eigenvalue weighted by molar-refractivity contribution is -0.134. The maximum atomic E-state index is 11.9. The van der Waals surface area contributed by atoms with Crippen LogP contribution in [0.4, 0.5) is 0 Å². The maximum Gasteiger partial charge on any atom is 0.300 e. The molecule has 3 rings (SSSR count). The number of carboxylic acids is 1. The van der Waals surface area contributed by atoms with Gasteiger partial charge in [-0.25, -0.2) is 0 Å². The number of carbonyl (C=O) groups excluding carboxylic acids is 1. The fraction of sp³-hybridized carbons (Fsp3) is 0.412. The minimum atomic E-state index is -0.833. The molecule has 1 saturated heterocycles. The van der Waals surface area contributed by atoms with Crippen LogP contribution in [0.5, 0.6) is 0 Å². The number of rotatable bonds is 4. The van der Waals surface area contributed by atoms with Gasteiger partial charge in [0.15, 0.2) is 0 Å². The van der Waals surface area contributed by atoms with E-state index >= 15 is 0 Å². The van der Waals surface area contributed by atoms with E-state index in [1.807, 2.05) is 24.3 Å². The molecule has 0 saturated carbocycles. The number of nitrogens with one attached hydrogen (secondary N) is 3. The zero-order valence-electron chi connectivity index (χ0n) is 14.0. The molecule has 25 heavy (non-hydrogen) atoms. The first kappa shape index (κ1) is 19.2. The Morgan fingerprint density at radius 1 is 1.40 bits per heavy atom. The summed E-state index contributed by atoms with van der Waals surface area (Å²) in [5.41, 5.74) is 1.98. The van der Waals surface area contributed by atoms with Gasteiger partial charge in [-0.2, -0.15) is 0 Å². The fourth-order valence-corrected chi connectivity index (χ4v) is 2.66. The van der Waals surface area contributed by atoms with Crippen molar-refractivity contribution < 1.29 is 19.4 Å². The Hall–Kier alpha value is -2.09. The molecule has 7 nitrogen and oxygen atoms in total. The summed E-state index contributed by atoms with van der Waals surface area (Å²) in [6, 6.07) is 7.68. The van der Waals surface area contributed by atoms with E-state index in [0.29, 0.717) is 24.6 Å². The average molecular weight is 368 g/mol. The largest absolute Gasteiger partial charge is 0.481 e. The number of hydrogen-bond acceptors (Lipinski definition) is 4. The fourth-order valence-electron chi connectivity index (χ4n) is 2.48. The number of fused-ring (bicyclic) bond motifs is 1. The third-order valence-electron chi connectivity index (χ3n) is 3.53. The molecule has 1 amide bonds. The van der Waals surface area contributed by atoms with Gasteiger partial charge in [-0.1, -0.05) is 11.6 Å². The number of benzene rings is 1. The van der Waals surface area contributed by atoms with Gasteiger partial charge in [-0.3, -0.25) is 9.59 Å². The second-order valence-electron chi connectivity index (χ2n) is 5.72. The van der Waals surface area contributed by atoms with Crippen molar-refractivity contribution in [2.24, 2.45) is 0 Å². The zero-order valence-corrected chi connectivity index (χ0v) is 14.7. The van der Waals surface area contributed by atoms with Crippen LogP contribution in [0.3, 0.4) is 0 Å². The topological polar surface area (TPSA) is 103 Å². The van der Waals surface area contributed by atoms with Gasteiger partial charge in [0.05, 0.1) is 25.7 Å². The molecule has 1 aromatic heterocycles. The summed E-state index contributed by atoms with van der Waals surface area (Å²) in [5, 5.41) is 15.3. The molecular weight excluding hydrogens is 346 g/mol. The number of H-pyrrole nitrogens is 1. The van der Waals surface area contributed by atoms with Crippen LogP contribution in [0.15, 0.2) is 24.3 Å². The first-order valence-corrected chi connectivity index (χ1v) is 8.37. The van der Waals surface area contributed by atoms with Crippen LogP contribution in [-0.2, 0) is 20.9 Å². The molecule has 0 aliphatic carbocycles. The summed E-state index contributed by atoms with van der Waals surface area (Å²) in [6.07, 6.45) is 0.360. The number of morpholine rings is 1. The number of ether oxygens (including phenoxy) is 1. The summed E-state index contributed by atoms with van der Waals surface area (Å²) in [6.45, 7) is 3.82. The van der Waals surface area contributed by atoms with Crippen molar-refractivity contribution >= 4 is 34.4 Å². The third kappa shape index (κ3) is 6.74. The Kier molecular flexibility index (Phi) is 7.24. The van der Waals surface area contributed by atoms with Crippen LogP contribution in [0.2, 0.25) is 5.02 Å². The van der Waals surface area contributed by atoms with Crippen LogP contribution in [0.25, 0.3) is 10.9 Å². The third-order valence-corrected chi connectivity index (χ3v) is 3.77. The first-order chi connectivity index (χ1) is 11.9. The van der Waals surface area contributed by atoms with E-state index < -0.39 is 5.97 Å². The lowest BCUT2D eigenvalue weighted by Crippen LogP contribution is -2.41. The number of amides is 1.